The van der Waals surface area contributed by atoms with Gasteiger partial charge in [-0.25, -0.2) is 4.79 Å². The molecular formula is C107H159N7O13. The molecule has 2 N–H and O–H groups in total. The highest BCUT2D eigenvalue weighted by Gasteiger charge is 2.26. The number of aliphatic hydroxyl groups is 1. The average molecular weight is 1750 g/mol. The number of terminal acetylenes is 1. The minimum Gasteiger partial charge on any atom is -0.495 e. The quantitative estimate of drug-likeness (QED) is 0.0604. The zero-order valence-corrected chi connectivity index (χ0v) is 82.9. The predicted octanol–water partition coefficient (Wildman–Crippen LogP) is 22.4. The molecule has 0 bridgehead atoms. The number of carbonyl (C=O) groups is 1. The summed E-state index contributed by atoms with van der Waals surface area (Å²) in [6.45, 7) is 69.0. The first-order valence-corrected chi connectivity index (χ1v) is 45.2. The lowest BCUT2D eigenvalue weighted by Gasteiger charge is -2.36. The van der Waals surface area contributed by atoms with E-state index >= 15 is 0 Å². The standard InChI is InChI=1S/C18H29NO3.C15H25N3O.2C14H20O2.C13H19NO2.C13H16O.2C10H15NO/c1-17(2,3)14-9-7-10-15(13-14)21-12-8-11-19-16(20)22-18(4,5)6;1-15(2,3)14-12-13(4-5-16-14)18-8-6-17(7-9-18)10-11-19;2*1-14(2,3)11-4-6-12(7-5-11)16-13-8-9-15-10-13;1-13(2,3)12-5-4-10(8-14-12)16-11-6-7-15-9-11;1-5-9-14-12-8-6-7-11(10-12)13(2,3)4;1-10(2,3)8-5-9(12-4)7-11-6-8;1-10(2,3)9-6-5-8(12-4)7-11-9/h7,9-10,13H,8,11-12H2,1-6H3,(H,19,20);4-5,12,19H,6-11H2,1-3H3;2*4-7,13H,8-10H2,1-3H3;4-5,8,11H,6-7,9H2,1-3H3;1,6-8,10H,9H2,2-4H3;2*5-7H,1-4H3. The normalized spacial score (nSPS) is 16.0. The van der Waals surface area contributed by atoms with E-state index in [4.69, 9.17) is 63.6 Å². The molecule has 4 aliphatic rings. The highest BCUT2D eigenvalue weighted by Crippen LogP contribution is 2.33. The number of nitrogens with zero attached hydrogens (tertiary/aromatic N) is 6. The van der Waals surface area contributed by atoms with E-state index < -0.39 is 5.60 Å². The third kappa shape index (κ3) is 42.5. The Balaban J connectivity index is 0.000000259. The van der Waals surface area contributed by atoms with Crippen LogP contribution in [0.5, 0.6) is 40.2 Å². The van der Waals surface area contributed by atoms with Gasteiger partial charge in [-0.05, 0) is 173 Å². The molecule has 20 heteroatoms. The van der Waals surface area contributed by atoms with Gasteiger partial charge in [0.2, 0.25) is 0 Å². The number of hydrogen-bond acceptors (Lipinski definition) is 19. The Bertz CT molecular complexity index is 4270. The number of ether oxygens (including phenoxy) is 11. The van der Waals surface area contributed by atoms with Gasteiger partial charge in [-0.1, -0.05) is 221 Å². The first kappa shape index (κ1) is 108. The topological polar surface area (TPSA) is 209 Å². The molecule has 12 rings (SSSR count). The summed E-state index contributed by atoms with van der Waals surface area (Å²) in [5.74, 6) is 8.52. The van der Waals surface area contributed by atoms with E-state index in [9.17, 15) is 4.79 Å². The van der Waals surface area contributed by atoms with E-state index in [1.54, 1.807) is 32.8 Å². The Morgan fingerprint density at radius 1 is 0.441 bits per heavy atom. The summed E-state index contributed by atoms with van der Waals surface area (Å²) in [6, 6.07) is 47.3. The molecule has 0 aliphatic carbocycles. The largest absolute Gasteiger partial charge is 0.495 e. The fraction of sp³-hybridized carbons (Fsp3) is 0.561. The zero-order valence-electron chi connectivity index (χ0n) is 82.9. The summed E-state index contributed by atoms with van der Waals surface area (Å²) in [6.07, 6.45) is 18.2. The van der Waals surface area contributed by atoms with Crippen molar-refractivity contribution in [2.75, 3.05) is 118 Å². The third-order valence-electron chi connectivity index (χ3n) is 20.7. The fourth-order valence-corrected chi connectivity index (χ4v) is 12.6. The number of carbonyl (C=O) groups excluding carboxylic acids is 1. The minimum absolute atomic E-state index is 0.0920. The van der Waals surface area contributed by atoms with Crippen molar-refractivity contribution in [1.82, 2.24) is 30.2 Å². The van der Waals surface area contributed by atoms with Crippen molar-refractivity contribution in [3.8, 4) is 52.6 Å². The van der Waals surface area contributed by atoms with Gasteiger partial charge in [-0.2, -0.15) is 0 Å². The number of methoxy groups -OCH3 is 2. The Labute approximate surface area is 765 Å². The molecule has 0 saturated carbocycles. The van der Waals surface area contributed by atoms with E-state index in [-0.39, 0.29) is 74.3 Å². The Morgan fingerprint density at radius 2 is 0.858 bits per heavy atom. The van der Waals surface area contributed by atoms with Crippen LogP contribution in [0.2, 0.25) is 0 Å². The predicted molar refractivity (Wildman–Crippen MR) is 519 cm³/mol. The van der Waals surface area contributed by atoms with Crippen LogP contribution in [0.4, 0.5) is 10.5 Å². The molecule has 4 aromatic carbocycles. The molecule has 4 aromatic heterocycles. The number of β-amino-alcohol motifs (C(OH)–C–C–N with tert-alkyl or cyclic N) is 1. The van der Waals surface area contributed by atoms with Gasteiger partial charge in [0.15, 0.2) is 0 Å². The summed E-state index contributed by atoms with van der Waals surface area (Å²) in [5.41, 5.74) is 11.6. The SMILES string of the molecule is C#CCOc1cccc(C(C)(C)C)c1.CC(C)(C)OC(=O)NCCCOc1cccc(C(C)(C)C)c1.CC(C)(C)c1cc(N2CCN(CCO)CC2)ccn1.CC(C)(C)c1ccc(OC2CCOC2)cc1.CC(C)(C)c1ccc(OC2CCOC2)cc1.CC(C)(C)c1ccc(OC2CCOC2)cn1.COc1ccc(C(C)(C)C)nc1.COc1cncc(C(C)(C)C)c1. The molecular weight excluding hydrogens is 1590 g/mol. The molecule has 8 aromatic rings. The second kappa shape index (κ2) is 51.0. The molecule has 127 heavy (non-hydrogen) atoms. The summed E-state index contributed by atoms with van der Waals surface area (Å²) in [4.78, 5) is 33.5. The van der Waals surface area contributed by atoms with E-state index in [1.165, 1.54) is 33.5 Å². The maximum atomic E-state index is 11.5. The summed E-state index contributed by atoms with van der Waals surface area (Å²) < 4.78 is 59.6. The van der Waals surface area contributed by atoms with Gasteiger partial charge in [0.05, 0.1) is 85.7 Å². The van der Waals surface area contributed by atoms with Crippen molar-refractivity contribution in [3.05, 3.63) is 215 Å². The first-order chi connectivity index (χ1) is 59.4. The van der Waals surface area contributed by atoms with Gasteiger partial charge in [-0.15, -0.1) is 6.42 Å². The molecule has 3 unspecified atom stereocenters. The van der Waals surface area contributed by atoms with Crippen molar-refractivity contribution < 1.29 is 62.0 Å². The molecule has 8 heterocycles. The van der Waals surface area contributed by atoms with E-state index in [0.29, 0.717) is 26.4 Å². The lowest BCUT2D eigenvalue weighted by molar-refractivity contribution is 0.0525. The van der Waals surface area contributed by atoms with Crippen molar-refractivity contribution in [3.63, 3.8) is 0 Å². The highest BCUT2D eigenvalue weighted by atomic mass is 16.6. The van der Waals surface area contributed by atoms with Crippen LogP contribution in [-0.4, -0.2) is 173 Å². The molecule has 4 fully saturated rings. The summed E-state index contributed by atoms with van der Waals surface area (Å²) in [5, 5.41) is 11.7. The lowest BCUT2D eigenvalue weighted by atomic mass is 9.87. The van der Waals surface area contributed by atoms with Gasteiger partial charge in [0.1, 0.15) is 70.8 Å². The third-order valence-corrected chi connectivity index (χ3v) is 20.7. The Hall–Kier alpha value is -9.49. The van der Waals surface area contributed by atoms with E-state index in [2.05, 4.69) is 286 Å². The number of piperazine rings is 1. The molecule has 1 amide bonds. The van der Waals surface area contributed by atoms with Crippen LogP contribution in [0.25, 0.3) is 0 Å². The molecule has 0 spiro atoms. The number of amides is 1. The van der Waals surface area contributed by atoms with Crippen molar-refractivity contribution in [2.45, 2.75) is 280 Å². The zero-order chi connectivity index (χ0) is 94.5. The number of alkyl carbamates (subject to hydrolysis) is 1. The monoisotopic (exact) mass is 1750 g/mol. The van der Waals surface area contributed by atoms with Crippen LogP contribution in [0.3, 0.4) is 0 Å². The number of nitrogens with one attached hydrogen (secondary N) is 1. The molecule has 4 aliphatic heterocycles. The fourth-order valence-electron chi connectivity index (χ4n) is 12.6. The average Bonchev–Trinajstić information content (AvgIpc) is 1.67. The van der Waals surface area contributed by atoms with Crippen LogP contribution in [0, 0.1) is 12.3 Å². The Kier molecular flexibility index (Phi) is 43.4. The highest BCUT2D eigenvalue weighted by molar-refractivity contribution is 5.67. The van der Waals surface area contributed by atoms with Gasteiger partial charge in [0.25, 0.3) is 0 Å². The van der Waals surface area contributed by atoms with E-state index in [1.807, 2.05) is 93.8 Å². The van der Waals surface area contributed by atoms with Gasteiger partial charge in [0, 0.05) is 110 Å². The smallest absolute Gasteiger partial charge is 0.407 e. The van der Waals surface area contributed by atoms with Crippen LogP contribution >= 0.6 is 0 Å². The van der Waals surface area contributed by atoms with Crippen LogP contribution in [0.1, 0.15) is 258 Å². The molecule has 0 radical (unpaired) electrons. The number of aliphatic hydroxyl groups excluding tert-OH is 1. The van der Waals surface area contributed by atoms with Gasteiger partial charge >= 0.3 is 6.09 Å². The van der Waals surface area contributed by atoms with Crippen LogP contribution < -0.4 is 43.4 Å². The number of aromatic nitrogens is 4. The van der Waals surface area contributed by atoms with Crippen LogP contribution in [-0.2, 0) is 62.3 Å². The minimum atomic E-state index is -0.464. The summed E-state index contributed by atoms with van der Waals surface area (Å²) in [7, 11) is 3.30. The Morgan fingerprint density at radius 3 is 1.24 bits per heavy atom. The maximum absolute atomic E-state index is 11.5. The second-order valence-electron chi connectivity index (χ2n) is 41.6. The van der Waals surface area contributed by atoms with Crippen molar-refractivity contribution >= 4 is 11.8 Å². The number of benzene rings is 4. The number of hydrogen-bond donors (Lipinski definition) is 2. The van der Waals surface area contributed by atoms with Crippen molar-refractivity contribution in [2.24, 2.45) is 0 Å². The molecule has 20 nitrogen and oxygen atoms in total. The van der Waals surface area contributed by atoms with E-state index in [0.717, 1.165) is 149 Å². The number of anilines is 1. The van der Waals surface area contributed by atoms with Crippen molar-refractivity contribution in [1.29, 1.82) is 0 Å². The van der Waals surface area contributed by atoms with Gasteiger partial charge < -0.3 is 67.4 Å². The summed E-state index contributed by atoms with van der Waals surface area (Å²) >= 11 is 0. The first-order valence-electron chi connectivity index (χ1n) is 45.2. The maximum Gasteiger partial charge on any atom is 0.407 e. The molecule has 4 saturated heterocycles. The number of rotatable bonds is 18. The van der Waals surface area contributed by atoms with Crippen LogP contribution in [0.15, 0.2) is 171 Å². The molecule has 700 valence electrons. The molecule has 3 atom stereocenters. The lowest BCUT2D eigenvalue weighted by Crippen LogP contribution is -2.47. The van der Waals surface area contributed by atoms with Gasteiger partial charge in [-0.3, -0.25) is 24.8 Å². The number of pyridine rings is 4. The second-order valence-corrected chi connectivity index (χ2v) is 41.6.